The molecule has 104 valence electrons. The molecule has 0 amide bonds. The lowest BCUT2D eigenvalue weighted by molar-refractivity contribution is -0.387. The Morgan fingerprint density at radius 1 is 1.35 bits per heavy atom. The van der Waals surface area contributed by atoms with Crippen molar-refractivity contribution in [2.24, 2.45) is 0 Å². The van der Waals surface area contributed by atoms with Gasteiger partial charge in [0.25, 0.3) is 5.69 Å². The average Bonchev–Trinajstić information content (AvgIpc) is 2.89. The summed E-state index contributed by atoms with van der Waals surface area (Å²) < 4.78 is 5.19. The van der Waals surface area contributed by atoms with Crippen LogP contribution in [0, 0.1) is 10.1 Å². The van der Waals surface area contributed by atoms with Crippen molar-refractivity contribution in [3.05, 3.63) is 58.0 Å². The van der Waals surface area contributed by atoms with Crippen molar-refractivity contribution in [1.82, 2.24) is 0 Å². The zero-order chi connectivity index (χ0) is 14.7. The highest BCUT2D eigenvalue weighted by Crippen LogP contribution is 2.39. The first kappa shape index (κ1) is 14.1. The maximum atomic E-state index is 10.9. The topological polar surface area (TPSA) is 93.6 Å². The van der Waals surface area contributed by atoms with Crippen molar-refractivity contribution < 1.29 is 19.2 Å². The van der Waals surface area contributed by atoms with Crippen LogP contribution in [0.4, 0.5) is 5.69 Å². The molecule has 0 radical (unpaired) electrons. The Morgan fingerprint density at radius 3 is 2.65 bits per heavy atom. The molecule has 1 atom stereocenters. The molecule has 20 heavy (non-hydrogen) atoms. The molecule has 0 aliphatic rings. The SMILES string of the molecule is CC(Sc1ccccc1[N+](=O)[O-])c1ccc(C(=O)O)o1. The fourth-order valence-corrected chi connectivity index (χ4v) is 2.69. The number of nitro benzene ring substituents is 1. The van der Waals surface area contributed by atoms with Crippen LogP contribution in [-0.4, -0.2) is 16.0 Å². The standard InChI is InChI=1S/C13H11NO5S/c1-8(10-6-7-11(19-10)13(15)16)20-12-5-3-2-4-9(12)14(17)18/h2-8H,1H3,(H,15,16). The molecule has 0 saturated carbocycles. The number of para-hydroxylation sites is 1. The lowest BCUT2D eigenvalue weighted by atomic mass is 10.3. The summed E-state index contributed by atoms with van der Waals surface area (Å²) in [6.07, 6.45) is 0. The largest absolute Gasteiger partial charge is 0.475 e. The molecule has 1 unspecified atom stereocenters. The number of carboxylic acids is 1. The molecule has 0 bridgehead atoms. The quantitative estimate of drug-likeness (QED) is 0.512. The van der Waals surface area contributed by atoms with Gasteiger partial charge < -0.3 is 9.52 Å². The Kier molecular flexibility index (Phi) is 4.09. The number of carbonyl (C=O) groups is 1. The Balaban J connectivity index is 2.21. The van der Waals surface area contributed by atoms with E-state index in [1.165, 1.54) is 23.9 Å². The van der Waals surface area contributed by atoms with E-state index in [1.807, 2.05) is 0 Å². The van der Waals surface area contributed by atoms with Gasteiger partial charge in [0, 0.05) is 6.07 Å². The second kappa shape index (κ2) is 5.79. The van der Waals surface area contributed by atoms with Crippen molar-refractivity contribution in [2.75, 3.05) is 0 Å². The second-order valence-electron chi connectivity index (χ2n) is 3.99. The second-order valence-corrected chi connectivity index (χ2v) is 5.37. The van der Waals surface area contributed by atoms with Crippen LogP contribution in [0.2, 0.25) is 0 Å². The lowest BCUT2D eigenvalue weighted by Crippen LogP contribution is -1.93. The first-order valence-corrected chi connectivity index (χ1v) is 6.60. The summed E-state index contributed by atoms with van der Waals surface area (Å²) in [6.45, 7) is 1.80. The van der Waals surface area contributed by atoms with Crippen molar-refractivity contribution in [1.29, 1.82) is 0 Å². The van der Waals surface area contributed by atoms with Gasteiger partial charge in [-0.15, -0.1) is 11.8 Å². The third kappa shape index (κ3) is 3.00. The molecule has 2 aromatic rings. The first-order chi connectivity index (χ1) is 9.49. The highest BCUT2D eigenvalue weighted by atomic mass is 32.2. The van der Waals surface area contributed by atoms with E-state index >= 15 is 0 Å². The number of hydrogen-bond acceptors (Lipinski definition) is 5. The number of rotatable bonds is 5. The summed E-state index contributed by atoms with van der Waals surface area (Å²) in [7, 11) is 0. The molecule has 0 saturated heterocycles. The van der Waals surface area contributed by atoms with Crippen LogP contribution in [0.25, 0.3) is 0 Å². The van der Waals surface area contributed by atoms with Crippen LogP contribution in [0.5, 0.6) is 0 Å². The number of thioether (sulfide) groups is 1. The monoisotopic (exact) mass is 293 g/mol. The molecule has 0 aliphatic carbocycles. The number of hydrogen-bond donors (Lipinski definition) is 1. The van der Waals surface area contributed by atoms with Gasteiger partial charge >= 0.3 is 5.97 Å². The smallest absolute Gasteiger partial charge is 0.371 e. The summed E-state index contributed by atoms with van der Waals surface area (Å²) in [6, 6.07) is 9.33. The Hall–Kier alpha value is -2.28. The molecule has 0 aliphatic heterocycles. The van der Waals surface area contributed by atoms with E-state index in [0.29, 0.717) is 10.7 Å². The number of nitro groups is 1. The zero-order valence-corrected chi connectivity index (χ0v) is 11.3. The number of nitrogens with zero attached hydrogens (tertiary/aromatic N) is 1. The molecular formula is C13H11NO5S. The van der Waals surface area contributed by atoms with E-state index in [1.54, 1.807) is 31.2 Å². The summed E-state index contributed by atoms with van der Waals surface area (Å²) in [5, 5.41) is 19.5. The van der Waals surface area contributed by atoms with Crippen molar-refractivity contribution in [2.45, 2.75) is 17.1 Å². The molecular weight excluding hydrogens is 282 g/mol. The van der Waals surface area contributed by atoms with E-state index in [9.17, 15) is 14.9 Å². The zero-order valence-electron chi connectivity index (χ0n) is 10.5. The fraction of sp³-hybridized carbons (Fsp3) is 0.154. The molecule has 0 fully saturated rings. The predicted octanol–water partition coefficient (Wildman–Crippen LogP) is 3.74. The van der Waals surface area contributed by atoms with Crippen LogP contribution in [-0.2, 0) is 0 Å². The lowest BCUT2D eigenvalue weighted by Gasteiger charge is -2.08. The number of furan rings is 1. The van der Waals surface area contributed by atoms with Gasteiger partial charge in [0.1, 0.15) is 5.76 Å². The van der Waals surface area contributed by atoms with Gasteiger partial charge in [0.15, 0.2) is 0 Å². The van der Waals surface area contributed by atoms with Crippen molar-refractivity contribution in [3.8, 4) is 0 Å². The Morgan fingerprint density at radius 2 is 2.05 bits per heavy atom. The van der Waals surface area contributed by atoms with Gasteiger partial charge in [-0.05, 0) is 25.1 Å². The van der Waals surface area contributed by atoms with Crippen LogP contribution >= 0.6 is 11.8 Å². The highest BCUT2D eigenvalue weighted by Gasteiger charge is 2.19. The molecule has 1 N–H and O–H groups in total. The molecule has 1 aromatic heterocycles. The summed E-state index contributed by atoms with van der Waals surface area (Å²) in [5.41, 5.74) is 0.0226. The molecule has 1 heterocycles. The summed E-state index contributed by atoms with van der Waals surface area (Å²) >= 11 is 1.25. The van der Waals surface area contributed by atoms with E-state index < -0.39 is 10.9 Å². The molecule has 2 rings (SSSR count). The summed E-state index contributed by atoms with van der Waals surface area (Å²) in [4.78, 5) is 21.7. The van der Waals surface area contributed by atoms with Crippen molar-refractivity contribution >= 4 is 23.4 Å². The van der Waals surface area contributed by atoms with Crippen LogP contribution in [0.15, 0.2) is 45.7 Å². The normalized spacial score (nSPS) is 12.1. The van der Waals surface area contributed by atoms with Crippen LogP contribution < -0.4 is 0 Å². The van der Waals surface area contributed by atoms with Gasteiger partial charge in [-0.2, -0.15) is 0 Å². The number of benzene rings is 1. The van der Waals surface area contributed by atoms with E-state index in [0.717, 1.165) is 0 Å². The van der Waals surface area contributed by atoms with Gasteiger partial charge in [0.2, 0.25) is 5.76 Å². The summed E-state index contributed by atoms with van der Waals surface area (Å²) in [5.74, 6) is -0.820. The Bertz CT molecular complexity index is 652. The van der Waals surface area contributed by atoms with Gasteiger partial charge in [-0.25, -0.2) is 4.79 Å². The van der Waals surface area contributed by atoms with Crippen molar-refractivity contribution in [3.63, 3.8) is 0 Å². The molecule has 7 heteroatoms. The maximum absolute atomic E-state index is 10.9. The average molecular weight is 293 g/mol. The van der Waals surface area contributed by atoms with Gasteiger partial charge in [-0.3, -0.25) is 10.1 Å². The minimum Gasteiger partial charge on any atom is -0.475 e. The van der Waals surface area contributed by atoms with Gasteiger partial charge in [-0.1, -0.05) is 12.1 Å². The van der Waals surface area contributed by atoms with E-state index in [2.05, 4.69) is 0 Å². The first-order valence-electron chi connectivity index (χ1n) is 5.72. The third-order valence-corrected chi connectivity index (χ3v) is 3.79. The minimum atomic E-state index is -1.14. The number of aromatic carboxylic acids is 1. The van der Waals surface area contributed by atoms with E-state index in [-0.39, 0.29) is 16.7 Å². The third-order valence-electron chi connectivity index (χ3n) is 2.60. The van der Waals surface area contributed by atoms with E-state index in [4.69, 9.17) is 9.52 Å². The minimum absolute atomic E-state index is 0.0226. The fourth-order valence-electron chi connectivity index (χ4n) is 1.64. The van der Waals surface area contributed by atoms with Crippen LogP contribution in [0.1, 0.15) is 28.5 Å². The Labute approximate surface area is 118 Å². The number of carboxylic acid groups (broad SMARTS) is 1. The molecule has 1 aromatic carbocycles. The molecule has 0 spiro atoms. The highest BCUT2D eigenvalue weighted by molar-refractivity contribution is 7.99. The molecule has 6 nitrogen and oxygen atoms in total. The van der Waals surface area contributed by atoms with Crippen LogP contribution in [0.3, 0.4) is 0 Å². The van der Waals surface area contributed by atoms with Gasteiger partial charge in [0.05, 0.1) is 15.1 Å². The predicted molar refractivity (Wildman–Crippen MR) is 73.0 cm³/mol. The maximum Gasteiger partial charge on any atom is 0.371 e.